The SMILES string of the molecule is CC(C)(C)C1CCC(N2C(=Nc3ccc(C#N)cc3)OCC2c2ccc(C(=O)NCCC(=O)O)cc2)CC1. The normalized spacial score (nSPS) is 22.5. The van der Waals surface area contributed by atoms with Gasteiger partial charge < -0.3 is 20.1 Å². The fourth-order valence-electron chi connectivity index (χ4n) is 5.38. The predicted octanol–water partition coefficient (Wildman–Crippen LogP) is 5.43. The summed E-state index contributed by atoms with van der Waals surface area (Å²) in [6.07, 6.45) is 4.29. The molecule has 1 heterocycles. The Morgan fingerprint density at radius 2 is 1.74 bits per heavy atom. The van der Waals surface area contributed by atoms with Crippen LogP contribution in [0.1, 0.15) is 80.4 Å². The first kappa shape index (κ1) is 27.2. The van der Waals surface area contributed by atoms with E-state index in [-0.39, 0.29) is 36.4 Å². The lowest BCUT2D eigenvalue weighted by atomic mass is 9.71. The number of carboxylic acids is 1. The quantitative estimate of drug-likeness (QED) is 0.507. The van der Waals surface area contributed by atoms with Crippen molar-refractivity contribution in [3.63, 3.8) is 0 Å². The molecule has 0 radical (unpaired) electrons. The molecule has 2 fully saturated rings. The van der Waals surface area contributed by atoms with E-state index in [2.05, 4.69) is 37.1 Å². The Hall–Kier alpha value is -3.86. The summed E-state index contributed by atoms with van der Waals surface area (Å²) in [5, 5.41) is 20.5. The topological polar surface area (TPSA) is 115 Å². The lowest BCUT2D eigenvalue weighted by Gasteiger charge is -2.41. The fraction of sp³-hybridized carbons (Fsp3) is 0.467. The molecular formula is C30H36N4O4. The zero-order chi connectivity index (χ0) is 27.3. The van der Waals surface area contributed by atoms with Crippen LogP contribution in [0.3, 0.4) is 0 Å². The van der Waals surface area contributed by atoms with Gasteiger partial charge in [-0.05, 0) is 79.0 Å². The number of ether oxygens (including phenoxy) is 1. The van der Waals surface area contributed by atoms with Gasteiger partial charge in [0.25, 0.3) is 11.9 Å². The molecule has 2 aliphatic rings. The van der Waals surface area contributed by atoms with Gasteiger partial charge in [0.15, 0.2) is 0 Å². The number of carboxylic acid groups (broad SMARTS) is 1. The molecule has 8 nitrogen and oxygen atoms in total. The Bertz CT molecular complexity index is 1200. The van der Waals surface area contributed by atoms with Gasteiger partial charge >= 0.3 is 5.97 Å². The van der Waals surface area contributed by atoms with E-state index in [1.807, 2.05) is 24.3 Å². The van der Waals surface area contributed by atoms with Gasteiger partial charge in [-0.15, -0.1) is 0 Å². The van der Waals surface area contributed by atoms with E-state index < -0.39 is 5.97 Å². The lowest BCUT2D eigenvalue weighted by Crippen LogP contribution is -2.42. The number of hydrogen-bond acceptors (Lipinski definition) is 5. The first-order chi connectivity index (χ1) is 18.2. The van der Waals surface area contributed by atoms with Gasteiger partial charge in [-0.25, -0.2) is 0 Å². The Kier molecular flexibility index (Phi) is 8.35. The van der Waals surface area contributed by atoms with Gasteiger partial charge in [-0.2, -0.15) is 10.3 Å². The Labute approximate surface area is 224 Å². The number of aliphatic carboxylic acids is 1. The molecule has 1 amide bonds. The molecule has 2 N–H and O–H groups in total. The highest BCUT2D eigenvalue weighted by Gasteiger charge is 2.40. The number of nitriles is 1. The number of amidine groups is 1. The van der Waals surface area contributed by atoms with Gasteiger partial charge in [0.2, 0.25) is 0 Å². The number of nitrogens with one attached hydrogen (secondary N) is 1. The third-order valence-corrected chi connectivity index (χ3v) is 7.65. The first-order valence-electron chi connectivity index (χ1n) is 13.3. The van der Waals surface area contributed by atoms with Gasteiger partial charge in [0.05, 0.1) is 29.8 Å². The molecule has 8 heteroatoms. The smallest absolute Gasteiger partial charge is 0.305 e. The van der Waals surface area contributed by atoms with Gasteiger partial charge in [-0.3, -0.25) is 9.59 Å². The molecule has 200 valence electrons. The lowest BCUT2D eigenvalue weighted by molar-refractivity contribution is -0.136. The number of nitrogens with zero attached hydrogens (tertiary/aromatic N) is 3. The maximum atomic E-state index is 12.4. The zero-order valence-corrected chi connectivity index (χ0v) is 22.3. The van der Waals surface area contributed by atoms with Crippen LogP contribution in [-0.2, 0) is 9.53 Å². The molecule has 38 heavy (non-hydrogen) atoms. The van der Waals surface area contributed by atoms with E-state index in [0.717, 1.165) is 36.9 Å². The Morgan fingerprint density at radius 3 is 2.32 bits per heavy atom. The van der Waals surface area contributed by atoms with Crippen molar-refractivity contribution in [1.82, 2.24) is 10.2 Å². The number of aliphatic imine (C=N–C) groups is 1. The Balaban J connectivity index is 1.55. The van der Waals surface area contributed by atoms with E-state index >= 15 is 0 Å². The molecular weight excluding hydrogens is 480 g/mol. The summed E-state index contributed by atoms with van der Waals surface area (Å²) < 4.78 is 6.17. The number of rotatable bonds is 7. The molecule has 1 saturated carbocycles. The summed E-state index contributed by atoms with van der Waals surface area (Å²) in [6, 6.07) is 17.6. The molecule has 1 aliphatic heterocycles. The van der Waals surface area contributed by atoms with E-state index in [9.17, 15) is 9.59 Å². The number of hydrogen-bond donors (Lipinski definition) is 2. The van der Waals surface area contributed by atoms with Crippen molar-refractivity contribution in [3.05, 3.63) is 65.2 Å². The number of amides is 1. The molecule has 2 aromatic carbocycles. The number of carbonyl (C=O) groups excluding carboxylic acids is 1. The maximum Gasteiger partial charge on any atom is 0.305 e. The second-order valence-electron chi connectivity index (χ2n) is 11.2. The predicted molar refractivity (Wildman–Crippen MR) is 145 cm³/mol. The maximum absolute atomic E-state index is 12.4. The fourth-order valence-corrected chi connectivity index (χ4v) is 5.38. The summed E-state index contributed by atoms with van der Waals surface area (Å²) in [7, 11) is 0. The van der Waals surface area contributed by atoms with Crippen LogP contribution in [0.5, 0.6) is 0 Å². The van der Waals surface area contributed by atoms with Crippen LogP contribution in [0.2, 0.25) is 0 Å². The van der Waals surface area contributed by atoms with Crippen LogP contribution in [-0.4, -0.2) is 47.1 Å². The summed E-state index contributed by atoms with van der Waals surface area (Å²) >= 11 is 0. The van der Waals surface area contributed by atoms with Crippen molar-refractivity contribution >= 4 is 23.6 Å². The highest BCUT2D eigenvalue weighted by molar-refractivity contribution is 5.94. The molecule has 1 saturated heterocycles. The average Bonchev–Trinajstić information content (AvgIpc) is 3.32. The van der Waals surface area contributed by atoms with E-state index in [1.54, 1.807) is 24.3 Å². The minimum Gasteiger partial charge on any atom is -0.481 e. The van der Waals surface area contributed by atoms with Crippen LogP contribution in [0.15, 0.2) is 53.5 Å². The van der Waals surface area contributed by atoms with Gasteiger partial charge in [0.1, 0.15) is 6.61 Å². The Morgan fingerprint density at radius 1 is 1.08 bits per heavy atom. The van der Waals surface area contributed by atoms with Crippen LogP contribution in [0, 0.1) is 22.7 Å². The van der Waals surface area contributed by atoms with Crippen molar-refractivity contribution in [2.45, 2.75) is 65.0 Å². The van der Waals surface area contributed by atoms with E-state index in [4.69, 9.17) is 20.1 Å². The standard InChI is InChI=1S/C30H36N4O4/c1-30(2,3)23-10-14-25(15-11-23)34-26(19-38-29(34)33-24-12-4-20(18-31)5-13-24)21-6-8-22(9-7-21)28(37)32-17-16-27(35)36/h4-9,12-13,23,25-26H,10-11,14-17,19H2,1-3H3,(H,32,37)(H,35,36). The molecule has 0 spiro atoms. The highest BCUT2D eigenvalue weighted by Crippen LogP contribution is 2.42. The van der Waals surface area contributed by atoms with Gasteiger partial charge in [-0.1, -0.05) is 32.9 Å². The minimum atomic E-state index is -0.947. The van der Waals surface area contributed by atoms with E-state index in [0.29, 0.717) is 29.7 Å². The molecule has 1 atom stereocenters. The molecule has 4 rings (SSSR count). The largest absolute Gasteiger partial charge is 0.481 e. The third kappa shape index (κ3) is 6.52. The zero-order valence-electron chi connectivity index (χ0n) is 22.3. The number of carbonyl (C=O) groups is 2. The molecule has 1 aliphatic carbocycles. The van der Waals surface area contributed by atoms with Crippen molar-refractivity contribution in [1.29, 1.82) is 5.26 Å². The number of benzene rings is 2. The minimum absolute atomic E-state index is 0.0348. The summed E-state index contributed by atoms with van der Waals surface area (Å²) in [5.41, 5.74) is 3.13. The molecule has 0 aromatic heterocycles. The van der Waals surface area contributed by atoms with Crippen LogP contribution < -0.4 is 5.32 Å². The monoisotopic (exact) mass is 516 g/mol. The van der Waals surface area contributed by atoms with Crippen molar-refractivity contribution in [2.24, 2.45) is 16.3 Å². The summed E-state index contributed by atoms with van der Waals surface area (Å²) in [4.78, 5) is 30.3. The van der Waals surface area contributed by atoms with Crippen LogP contribution in [0.4, 0.5) is 5.69 Å². The highest BCUT2D eigenvalue weighted by atomic mass is 16.5. The van der Waals surface area contributed by atoms with Crippen molar-refractivity contribution < 1.29 is 19.4 Å². The van der Waals surface area contributed by atoms with Crippen LogP contribution in [0.25, 0.3) is 0 Å². The second-order valence-corrected chi connectivity index (χ2v) is 11.2. The average molecular weight is 517 g/mol. The second kappa shape index (κ2) is 11.7. The molecule has 2 aromatic rings. The first-order valence-corrected chi connectivity index (χ1v) is 13.3. The molecule has 0 bridgehead atoms. The van der Waals surface area contributed by atoms with Crippen LogP contribution >= 0.6 is 0 Å². The summed E-state index contributed by atoms with van der Waals surface area (Å²) in [5.74, 6) is -0.559. The third-order valence-electron chi connectivity index (χ3n) is 7.65. The van der Waals surface area contributed by atoms with E-state index in [1.165, 1.54) is 0 Å². The summed E-state index contributed by atoms with van der Waals surface area (Å²) in [6.45, 7) is 7.50. The van der Waals surface area contributed by atoms with Crippen molar-refractivity contribution in [3.8, 4) is 6.07 Å². The molecule has 1 unspecified atom stereocenters. The van der Waals surface area contributed by atoms with Crippen molar-refractivity contribution in [2.75, 3.05) is 13.2 Å². The van der Waals surface area contributed by atoms with Gasteiger partial charge in [0, 0.05) is 18.2 Å².